The van der Waals surface area contributed by atoms with E-state index in [4.69, 9.17) is 9.47 Å². The summed E-state index contributed by atoms with van der Waals surface area (Å²) < 4.78 is 9.88. The average molecular weight is 240 g/mol. The summed E-state index contributed by atoms with van der Waals surface area (Å²) in [4.78, 5) is 23.1. The summed E-state index contributed by atoms with van der Waals surface area (Å²) in [7, 11) is 0. The molecule has 96 valence electrons. The minimum atomic E-state index is -0.534. The molecule has 0 N–H and O–H groups in total. The molecule has 0 aromatic rings. The van der Waals surface area contributed by atoms with Crippen molar-refractivity contribution in [3.05, 3.63) is 23.8 Å². The Balaban J connectivity index is 4.73. The third-order valence-corrected chi connectivity index (χ3v) is 2.01. The zero-order valence-electron chi connectivity index (χ0n) is 10.7. The van der Waals surface area contributed by atoms with E-state index in [1.807, 2.05) is 13.8 Å². The van der Waals surface area contributed by atoms with Crippen LogP contribution in [-0.2, 0) is 19.1 Å². The third-order valence-electron chi connectivity index (χ3n) is 2.01. The molecule has 0 unspecified atom stereocenters. The Morgan fingerprint density at radius 1 is 1.06 bits per heavy atom. The van der Waals surface area contributed by atoms with Crippen LogP contribution in [-0.4, -0.2) is 25.2 Å². The number of carbonyl (C=O) groups is 2. The van der Waals surface area contributed by atoms with Crippen molar-refractivity contribution in [2.75, 3.05) is 13.2 Å². The molecule has 0 aromatic carbocycles. The monoisotopic (exact) mass is 240 g/mol. The van der Waals surface area contributed by atoms with Crippen LogP contribution in [0.4, 0.5) is 0 Å². The molecular weight excluding hydrogens is 220 g/mol. The second-order valence-electron chi connectivity index (χ2n) is 3.51. The second kappa shape index (κ2) is 8.56. The summed E-state index contributed by atoms with van der Waals surface area (Å²) in [5.74, 6) is -1.04. The number of hydrogen-bond acceptors (Lipinski definition) is 4. The fourth-order valence-corrected chi connectivity index (χ4v) is 1.07. The molecule has 0 saturated heterocycles. The van der Waals surface area contributed by atoms with Gasteiger partial charge < -0.3 is 9.47 Å². The topological polar surface area (TPSA) is 52.6 Å². The summed E-state index contributed by atoms with van der Waals surface area (Å²) in [6, 6.07) is 0. The molecule has 0 amide bonds. The van der Waals surface area contributed by atoms with Crippen molar-refractivity contribution in [3.8, 4) is 0 Å². The van der Waals surface area contributed by atoms with E-state index >= 15 is 0 Å². The van der Waals surface area contributed by atoms with E-state index in [9.17, 15) is 9.59 Å². The van der Waals surface area contributed by atoms with E-state index in [1.54, 1.807) is 0 Å². The second-order valence-corrected chi connectivity index (χ2v) is 3.51. The fraction of sp³-hybridized carbons (Fsp3) is 0.538. The lowest BCUT2D eigenvalue weighted by Gasteiger charge is -2.08. The van der Waals surface area contributed by atoms with Crippen LogP contribution in [0.25, 0.3) is 0 Å². The molecule has 0 rings (SSSR count). The van der Waals surface area contributed by atoms with Gasteiger partial charge in [0.1, 0.15) is 0 Å². The molecular formula is C13H20O4. The highest BCUT2D eigenvalue weighted by atomic mass is 16.5. The van der Waals surface area contributed by atoms with Gasteiger partial charge in [0.2, 0.25) is 0 Å². The summed E-state index contributed by atoms with van der Waals surface area (Å²) in [5, 5.41) is 0. The molecule has 0 spiro atoms. The molecule has 0 atom stereocenters. The van der Waals surface area contributed by atoms with Crippen molar-refractivity contribution in [3.63, 3.8) is 0 Å². The van der Waals surface area contributed by atoms with Crippen LogP contribution in [0, 0.1) is 0 Å². The number of ether oxygens (including phenoxy) is 2. The molecule has 0 heterocycles. The van der Waals surface area contributed by atoms with Crippen LogP contribution in [0.2, 0.25) is 0 Å². The highest BCUT2D eigenvalue weighted by Gasteiger charge is 2.17. The molecule has 0 bridgehead atoms. The predicted octanol–water partition coefficient (Wildman–Crippen LogP) is 2.40. The quantitative estimate of drug-likeness (QED) is 0.389. The Labute approximate surface area is 102 Å². The van der Waals surface area contributed by atoms with Gasteiger partial charge in [-0.1, -0.05) is 26.5 Å². The number of esters is 2. The van der Waals surface area contributed by atoms with E-state index in [2.05, 4.69) is 6.58 Å². The highest BCUT2D eigenvalue weighted by Crippen LogP contribution is 2.10. The van der Waals surface area contributed by atoms with Crippen molar-refractivity contribution in [2.24, 2.45) is 0 Å². The maximum atomic E-state index is 11.6. The zero-order chi connectivity index (χ0) is 13.3. The van der Waals surface area contributed by atoms with Crippen LogP contribution >= 0.6 is 0 Å². The van der Waals surface area contributed by atoms with E-state index in [0.717, 1.165) is 12.8 Å². The van der Waals surface area contributed by atoms with Gasteiger partial charge in [-0.3, -0.25) is 0 Å². The highest BCUT2D eigenvalue weighted by molar-refractivity contribution is 6.01. The minimum absolute atomic E-state index is 0.166. The van der Waals surface area contributed by atoms with Crippen molar-refractivity contribution >= 4 is 11.9 Å². The largest absolute Gasteiger partial charge is 0.462 e. The number of rotatable bonds is 7. The first-order valence-electron chi connectivity index (χ1n) is 5.75. The molecule has 0 aliphatic heterocycles. The fourth-order valence-electron chi connectivity index (χ4n) is 1.07. The van der Waals surface area contributed by atoms with Gasteiger partial charge in [0.15, 0.2) is 0 Å². The first-order valence-corrected chi connectivity index (χ1v) is 5.75. The normalized spacial score (nSPS) is 11.5. The van der Waals surface area contributed by atoms with Gasteiger partial charge in [-0.05, 0) is 19.8 Å². The van der Waals surface area contributed by atoms with Gasteiger partial charge in [0.25, 0.3) is 0 Å². The molecule has 0 saturated carbocycles. The lowest BCUT2D eigenvalue weighted by atomic mass is 10.1. The van der Waals surface area contributed by atoms with E-state index in [-0.39, 0.29) is 11.1 Å². The molecule has 0 aromatic heterocycles. The van der Waals surface area contributed by atoms with Crippen molar-refractivity contribution < 1.29 is 19.1 Å². The first-order chi connectivity index (χ1) is 8.08. The van der Waals surface area contributed by atoms with Crippen LogP contribution < -0.4 is 0 Å². The lowest BCUT2D eigenvalue weighted by molar-refractivity contribution is -0.142. The zero-order valence-corrected chi connectivity index (χ0v) is 10.7. The predicted molar refractivity (Wildman–Crippen MR) is 65.4 cm³/mol. The molecule has 4 nitrogen and oxygen atoms in total. The maximum Gasteiger partial charge on any atom is 0.338 e. The Kier molecular flexibility index (Phi) is 7.76. The SMILES string of the molecule is C=C/C(C(=O)OCCC)=C(\C)C(=O)OCCC. The third kappa shape index (κ3) is 5.33. The molecule has 0 aliphatic carbocycles. The summed E-state index contributed by atoms with van der Waals surface area (Å²) in [6.45, 7) is 9.50. The van der Waals surface area contributed by atoms with Gasteiger partial charge in [-0.25, -0.2) is 9.59 Å². The van der Waals surface area contributed by atoms with E-state index in [0.29, 0.717) is 13.2 Å². The Morgan fingerprint density at radius 2 is 1.53 bits per heavy atom. The van der Waals surface area contributed by atoms with E-state index in [1.165, 1.54) is 13.0 Å². The molecule has 0 aliphatic rings. The Hall–Kier alpha value is -1.58. The average Bonchev–Trinajstić information content (AvgIpc) is 2.33. The molecule has 0 fully saturated rings. The lowest BCUT2D eigenvalue weighted by Crippen LogP contribution is -2.14. The molecule has 0 radical (unpaired) electrons. The van der Waals surface area contributed by atoms with Crippen molar-refractivity contribution in [1.82, 2.24) is 0 Å². The van der Waals surface area contributed by atoms with Gasteiger partial charge in [0.05, 0.1) is 18.8 Å². The summed E-state index contributed by atoms with van der Waals surface area (Å²) >= 11 is 0. The van der Waals surface area contributed by atoms with Crippen LogP contribution in [0.3, 0.4) is 0 Å². The van der Waals surface area contributed by atoms with Crippen LogP contribution in [0.1, 0.15) is 33.6 Å². The van der Waals surface area contributed by atoms with Crippen LogP contribution in [0.5, 0.6) is 0 Å². The van der Waals surface area contributed by atoms with Gasteiger partial charge in [-0.15, -0.1) is 0 Å². The summed E-state index contributed by atoms with van der Waals surface area (Å²) in [6.07, 6.45) is 2.79. The first kappa shape index (κ1) is 15.4. The van der Waals surface area contributed by atoms with Gasteiger partial charge >= 0.3 is 11.9 Å². The Morgan fingerprint density at radius 3 is 1.94 bits per heavy atom. The summed E-state index contributed by atoms with van der Waals surface area (Å²) in [5.41, 5.74) is 0.397. The Bertz CT molecular complexity index is 315. The minimum Gasteiger partial charge on any atom is -0.462 e. The number of carbonyl (C=O) groups excluding carboxylic acids is 2. The van der Waals surface area contributed by atoms with Crippen LogP contribution in [0.15, 0.2) is 23.8 Å². The van der Waals surface area contributed by atoms with Crippen molar-refractivity contribution in [2.45, 2.75) is 33.6 Å². The maximum absolute atomic E-state index is 11.6. The molecule has 17 heavy (non-hydrogen) atoms. The standard InChI is InChI=1S/C13H20O4/c1-5-8-16-12(14)10(4)11(7-3)13(15)17-9-6-2/h7H,3,5-6,8-9H2,1-2,4H3/b11-10-. The smallest absolute Gasteiger partial charge is 0.338 e. The van der Waals surface area contributed by atoms with Gasteiger partial charge in [-0.2, -0.15) is 0 Å². The van der Waals surface area contributed by atoms with E-state index < -0.39 is 11.9 Å². The molecule has 4 heteroatoms. The van der Waals surface area contributed by atoms with Crippen molar-refractivity contribution in [1.29, 1.82) is 0 Å². The van der Waals surface area contributed by atoms with Gasteiger partial charge in [0, 0.05) is 5.57 Å². The number of hydrogen-bond donors (Lipinski definition) is 0.